The van der Waals surface area contributed by atoms with Gasteiger partial charge in [-0.2, -0.15) is 0 Å². The molecule has 21 heavy (non-hydrogen) atoms. The van der Waals surface area contributed by atoms with E-state index in [1.165, 1.54) is 0 Å². The topological polar surface area (TPSA) is 46.2 Å². The van der Waals surface area contributed by atoms with Crippen molar-refractivity contribution in [2.45, 2.75) is 52.7 Å². The van der Waals surface area contributed by atoms with Crippen molar-refractivity contribution in [3.8, 4) is 0 Å². The van der Waals surface area contributed by atoms with E-state index in [0.29, 0.717) is 39.6 Å². The van der Waals surface area contributed by atoms with Gasteiger partial charge in [0.25, 0.3) is 0 Å². The van der Waals surface area contributed by atoms with Crippen LogP contribution >= 0.6 is 0 Å². The molecule has 5 heteroatoms. The highest BCUT2D eigenvalue weighted by molar-refractivity contribution is 4.59. The van der Waals surface area contributed by atoms with Crippen LogP contribution in [0.2, 0.25) is 0 Å². The molecular formula is C16H34O5. The summed E-state index contributed by atoms with van der Waals surface area (Å²) in [5.74, 6) is 0. The number of hydrogen-bond acceptors (Lipinski definition) is 5. The highest BCUT2D eigenvalue weighted by Gasteiger charge is 2.13. The third-order valence-corrected chi connectivity index (χ3v) is 2.72. The lowest BCUT2D eigenvalue weighted by Crippen LogP contribution is -2.31. The monoisotopic (exact) mass is 306 g/mol. The zero-order valence-corrected chi connectivity index (χ0v) is 14.3. The molecule has 0 aromatic heterocycles. The predicted octanol–water partition coefficient (Wildman–Crippen LogP) is 2.67. The average Bonchev–Trinajstić information content (AvgIpc) is 2.47. The molecule has 0 rings (SSSR count). The first kappa shape index (κ1) is 20.8. The lowest BCUT2D eigenvalue weighted by molar-refractivity contribution is -0.0915. The average molecular weight is 306 g/mol. The van der Waals surface area contributed by atoms with E-state index in [-0.39, 0.29) is 12.2 Å². The smallest absolute Gasteiger partial charge is 0.104 e. The SMILES string of the molecule is CCCOCC(COCC(COCCC)OCC)OCC. The molecule has 0 aromatic carbocycles. The Morgan fingerprint density at radius 3 is 1.29 bits per heavy atom. The van der Waals surface area contributed by atoms with E-state index in [2.05, 4.69) is 13.8 Å². The molecular weight excluding hydrogens is 272 g/mol. The Hall–Kier alpha value is -0.200. The van der Waals surface area contributed by atoms with Gasteiger partial charge >= 0.3 is 0 Å². The minimum absolute atomic E-state index is 0.0135. The molecule has 2 atom stereocenters. The number of rotatable bonds is 16. The highest BCUT2D eigenvalue weighted by Crippen LogP contribution is 2.00. The standard InChI is InChI=1S/C16H34O5/c1-5-9-17-11-15(20-7-3)13-19-14-16(21-8-4)12-18-10-6-2/h15-16H,5-14H2,1-4H3. The first-order valence-electron chi connectivity index (χ1n) is 8.24. The Morgan fingerprint density at radius 1 is 0.571 bits per heavy atom. The van der Waals surface area contributed by atoms with E-state index < -0.39 is 0 Å². The quantitative estimate of drug-likeness (QED) is 0.410. The van der Waals surface area contributed by atoms with Crippen LogP contribution in [0.1, 0.15) is 40.5 Å². The lowest BCUT2D eigenvalue weighted by Gasteiger charge is -2.20. The second kappa shape index (κ2) is 16.2. The summed E-state index contributed by atoms with van der Waals surface area (Å²) in [6.45, 7) is 13.2. The maximum atomic E-state index is 5.71. The summed E-state index contributed by atoms with van der Waals surface area (Å²) in [6, 6.07) is 0. The molecule has 0 saturated carbocycles. The molecule has 0 aliphatic heterocycles. The van der Waals surface area contributed by atoms with Crippen LogP contribution in [0.5, 0.6) is 0 Å². The van der Waals surface area contributed by atoms with Crippen molar-refractivity contribution < 1.29 is 23.7 Å². The fourth-order valence-electron chi connectivity index (χ4n) is 1.81. The summed E-state index contributed by atoms with van der Waals surface area (Å²) in [5, 5.41) is 0. The van der Waals surface area contributed by atoms with E-state index in [1.54, 1.807) is 0 Å². The van der Waals surface area contributed by atoms with E-state index >= 15 is 0 Å². The molecule has 0 N–H and O–H groups in total. The highest BCUT2D eigenvalue weighted by atomic mass is 16.6. The van der Waals surface area contributed by atoms with Crippen LogP contribution in [0.25, 0.3) is 0 Å². The van der Waals surface area contributed by atoms with Crippen molar-refractivity contribution in [2.75, 3.05) is 52.9 Å². The summed E-state index contributed by atoms with van der Waals surface area (Å²) in [4.78, 5) is 0. The van der Waals surface area contributed by atoms with E-state index in [0.717, 1.165) is 26.1 Å². The van der Waals surface area contributed by atoms with Crippen LogP contribution in [0, 0.1) is 0 Å². The third kappa shape index (κ3) is 13.2. The van der Waals surface area contributed by atoms with Crippen molar-refractivity contribution in [3.63, 3.8) is 0 Å². The van der Waals surface area contributed by atoms with Crippen molar-refractivity contribution in [3.05, 3.63) is 0 Å². The summed E-state index contributed by atoms with van der Waals surface area (Å²) in [7, 11) is 0. The first-order valence-corrected chi connectivity index (χ1v) is 8.24. The van der Waals surface area contributed by atoms with Crippen LogP contribution in [-0.4, -0.2) is 65.1 Å². The molecule has 2 unspecified atom stereocenters. The van der Waals surface area contributed by atoms with Gasteiger partial charge < -0.3 is 23.7 Å². The molecule has 128 valence electrons. The molecule has 0 spiro atoms. The molecule has 0 saturated heterocycles. The summed E-state index contributed by atoms with van der Waals surface area (Å²) in [5.41, 5.74) is 0. The number of hydrogen-bond donors (Lipinski definition) is 0. The van der Waals surface area contributed by atoms with Gasteiger partial charge in [-0.25, -0.2) is 0 Å². The zero-order valence-electron chi connectivity index (χ0n) is 14.3. The molecule has 0 heterocycles. The van der Waals surface area contributed by atoms with Gasteiger partial charge in [0.05, 0.1) is 26.4 Å². The van der Waals surface area contributed by atoms with Crippen LogP contribution < -0.4 is 0 Å². The fourth-order valence-corrected chi connectivity index (χ4v) is 1.81. The number of ether oxygens (including phenoxy) is 5. The van der Waals surface area contributed by atoms with Gasteiger partial charge in [0.1, 0.15) is 12.2 Å². The Bertz CT molecular complexity index is 181. The third-order valence-electron chi connectivity index (χ3n) is 2.72. The maximum Gasteiger partial charge on any atom is 0.104 e. The summed E-state index contributed by atoms with van der Waals surface area (Å²) in [6.07, 6.45) is 2.00. The van der Waals surface area contributed by atoms with Gasteiger partial charge in [0.2, 0.25) is 0 Å². The van der Waals surface area contributed by atoms with Crippen LogP contribution in [0.4, 0.5) is 0 Å². The van der Waals surface area contributed by atoms with Crippen LogP contribution in [0.3, 0.4) is 0 Å². The molecule has 0 bridgehead atoms. The second-order valence-corrected chi connectivity index (χ2v) is 4.84. The largest absolute Gasteiger partial charge is 0.379 e. The maximum absolute atomic E-state index is 5.71. The Balaban J connectivity index is 3.88. The normalized spacial score (nSPS) is 14.3. The zero-order chi connectivity index (χ0) is 15.8. The van der Waals surface area contributed by atoms with E-state index in [4.69, 9.17) is 23.7 Å². The van der Waals surface area contributed by atoms with Crippen molar-refractivity contribution in [1.82, 2.24) is 0 Å². The predicted molar refractivity (Wildman–Crippen MR) is 83.9 cm³/mol. The lowest BCUT2D eigenvalue weighted by atomic mass is 10.3. The molecule has 0 aliphatic rings. The van der Waals surface area contributed by atoms with Gasteiger partial charge in [-0.3, -0.25) is 0 Å². The molecule has 5 nitrogen and oxygen atoms in total. The van der Waals surface area contributed by atoms with Gasteiger partial charge in [-0.05, 0) is 26.7 Å². The molecule has 0 fully saturated rings. The van der Waals surface area contributed by atoms with Crippen molar-refractivity contribution in [2.24, 2.45) is 0 Å². The minimum atomic E-state index is -0.0135. The summed E-state index contributed by atoms with van der Waals surface area (Å²) < 4.78 is 28.0. The molecule has 0 aromatic rings. The van der Waals surface area contributed by atoms with Gasteiger partial charge in [-0.15, -0.1) is 0 Å². The van der Waals surface area contributed by atoms with Crippen LogP contribution in [-0.2, 0) is 23.7 Å². The second-order valence-electron chi connectivity index (χ2n) is 4.84. The van der Waals surface area contributed by atoms with Crippen molar-refractivity contribution in [1.29, 1.82) is 0 Å². The van der Waals surface area contributed by atoms with E-state index in [9.17, 15) is 0 Å². The molecule has 0 aliphatic carbocycles. The summed E-state index contributed by atoms with van der Waals surface area (Å²) >= 11 is 0. The molecule has 0 amide bonds. The van der Waals surface area contributed by atoms with E-state index in [1.807, 2.05) is 13.8 Å². The Morgan fingerprint density at radius 2 is 0.952 bits per heavy atom. The van der Waals surface area contributed by atoms with Crippen LogP contribution in [0.15, 0.2) is 0 Å². The Kier molecular flexibility index (Phi) is 16.0. The van der Waals surface area contributed by atoms with Gasteiger partial charge in [0, 0.05) is 26.4 Å². The van der Waals surface area contributed by atoms with Gasteiger partial charge in [-0.1, -0.05) is 13.8 Å². The first-order chi connectivity index (χ1) is 10.3. The fraction of sp³-hybridized carbons (Fsp3) is 1.00. The van der Waals surface area contributed by atoms with Crippen molar-refractivity contribution >= 4 is 0 Å². The molecule has 0 radical (unpaired) electrons. The Labute approximate surface area is 130 Å². The van der Waals surface area contributed by atoms with Gasteiger partial charge in [0.15, 0.2) is 0 Å². The minimum Gasteiger partial charge on any atom is -0.379 e.